The number of H-pyrrole nitrogens is 1. The first-order valence-electron chi connectivity index (χ1n) is 9.25. The van der Waals surface area contributed by atoms with Crippen LogP contribution in [0.4, 0.5) is 0 Å². The van der Waals surface area contributed by atoms with Crippen LogP contribution >= 0.6 is 12.4 Å². The van der Waals surface area contributed by atoms with Gasteiger partial charge >= 0.3 is 0 Å². The molecule has 3 aromatic rings. The highest BCUT2D eigenvalue weighted by Crippen LogP contribution is 2.17. The van der Waals surface area contributed by atoms with Crippen LogP contribution in [0.1, 0.15) is 44.3 Å². The monoisotopic (exact) mass is 400 g/mol. The predicted octanol–water partition coefficient (Wildman–Crippen LogP) is 2.27. The van der Waals surface area contributed by atoms with Crippen molar-refractivity contribution >= 4 is 18.3 Å². The van der Waals surface area contributed by atoms with Gasteiger partial charge in [0, 0.05) is 48.6 Å². The Morgan fingerprint density at radius 3 is 2.82 bits per heavy atom. The van der Waals surface area contributed by atoms with Gasteiger partial charge < -0.3 is 10.6 Å². The zero-order chi connectivity index (χ0) is 18.8. The number of aromatic amines is 1. The molecule has 0 aliphatic carbocycles. The minimum Gasteiger partial charge on any atom is -0.346 e. The van der Waals surface area contributed by atoms with Crippen LogP contribution in [0.15, 0.2) is 30.3 Å². The van der Waals surface area contributed by atoms with E-state index in [9.17, 15) is 4.79 Å². The lowest BCUT2D eigenvalue weighted by atomic mass is 10.1. The average molecular weight is 401 g/mol. The Labute approximate surface area is 170 Å². The maximum atomic E-state index is 12.6. The van der Waals surface area contributed by atoms with Gasteiger partial charge in [-0.2, -0.15) is 10.2 Å². The molecule has 3 N–H and O–H groups in total. The van der Waals surface area contributed by atoms with Crippen LogP contribution in [0.5, 0.6) is 0 Å². The van der Waals surface area contributed by atoms with Gasteiger partial charge in [0.05, 0.1) is 12.2 Å². The Balaban J connectivity index is 0.00000225. The molecule has 28 heavy (non-hydrogen) atoms. The second kappa shape index (κ2) is 8.58. The van der Waals surface area contributed by atoms with Crippen molar-refractivity contribution in [1.82, 2.24) is 30.6 Å². The Kier molecular flexibility index (Phi) is 6.16. The van der Waals surface area contributed by atoms with Gasteiger partial charge in [-0.05, 0) is 19.4 Å². The number of hydrogen-bond acceptors (Lipinski definition) is 4. The summed E-state index contributed by atoms with van der Waals surface area (Å²) in [6, 6.07) is 10.2. The number of aryl methyl sites for hydroxylation is 1. The van der Waals surface area contributed by atoms with Crippen molar-refractivity contribution in [2.75, 3.05) is 6.54 Å². The first-order chi connectivity index (χ1) is 13.1. The van der Waals surface area contributed by atoms with E-state index in [1.807, 2.05) is 36.7 Å². The Hall–Kier alpha value is -2.64. The summed E-state index contributed by atoms with van der Waals surface area (Å²) in [5, 5.41) is 18.2. The summed E-state index contributed by atoms with van der Waals surface area (Å²) in [7, 11) is 0. The number of halogens is 1. The molecular formula is C20H25ClN6O. The number of hydrogen-bond donors (Lipinski definition) is 3. The molecule has 148 valence electrons. The van der Waals surface area contributed by atoms with E-state index in [1.54, 1.807) is 0 Å². The highest BCUT2D eigenvalue weighted by Gasteiger charge is 2.22. The van der Waals surface area contributed by atoms with E-state index in [2.05, 4.69) is 38.1 Å². The molecule has 7 nitrogen and oxygen atoms in total. The van der Waals surface area contributed by atoms with E-state index in [1.165, 1.54) is 5.56 Å². The maximum Gasteiger partial charge on any atom is 0.272 e. The van der Waals surface area contributed by atoms with Gasteiger partial charge in [0.1, 0.15) is 0 Å². The van der Waals surface area contributed by atoms with Crippen molar-refractivity contribution in [3.05, 3.63) is 69.8 Å². The number of nitrogens with one attached hydrogen (secondary N) is 3. The minimum atomic E-state index is -0.147. The summed E-state index contributed by atoms with van der Waals surface area (Å²) >= 11 is 0. The maximum absolute atomic E-state index is 12.6. The molecule has 0 spiro atoms. The van der Waals surface area contributed by atoms with Gasteiger partial charge in [0.15, 0.2) is 5.69 Å². The summed E-state index contributed by atoms with van der Waals surface area (Å²) in [6.07, 6.45) is 0.875. The molecule has 1 aliphatic rings. The number of nitrogens with zero attached hydrogens (tertiary/aromatic N) is 3. The number of aromatic nitrogens is 4. The lowest BCUT2D eigenvalue weighted by Gasteiger charge is -2.13. The van der Waals surface area contributed by atoms with Crippen molar-refractivity contribution in [3.63, 3.8) is 0 Å². The van der Waals surface area contributed by atoms with Gasteiger partial charge in [-0.1, -0.05) is 30.3 Å². The van der Waals surface area contributed by atoms with Gasteiger partial charge in [0.25, 0.3) is 5.91 Å². The van der Waals surface area contributed by atoms with E-state index < -0.39 is 0 Å². The molecule has 0 bridgehead atoms. The first kappa shape index (κ1) is 20.1. The van der Waals surface area contributed by atoms with E-state index in [4.69, 9.17) is 0 Å². The van der Waals surface area contributed by atoms with E-state index in [-0.39, 0.29) is 18.3 Å². The zero-order valence-corrected chi connectivity index (χ0v) is 16.9. The molecule has 0 atom stereocenters. The molecule has 8 heteroatoms. The molecule has 3 heterocycles. The highest BCUT2D eigenvalue weighted by molar-refractivity contribution is 5.94. The first-order valence-corrected chi connectivity index (χ1v) is 9.25. The van der Waals surface area contributed by atoms with Crippen molar-refractivity contribution in [2.24, 2.45) is 0 Å². The minimum absolute atomic E-state index is 0. The van der Waals surface area contributed by atoms with Crippen molar-refractivity contribution in [2.45, 2.75) is 39.9 Å². The van der Waals surface area contributed by atoms with E-state index in [0.717, 1.165) is 47.7 Å². The van der Waals surface area contributed by atoms with Crippen LogP contribution in [0, 0.1) is 13.8 Å². The van der Waals surface area contributed by atoms with E-state index >= 15 is 0 Å². The van der Waals surface area contributed by atoms with Crippen molar-refractivity contribution in [1.29, 1.82) is 0 Å². The lowest BCUT2D eigenvalue weighted by molar-refractivity contribution is 0.0944. The predicted molar refractivity (Wildman–Crippen MR) is 110 cm³/mol. The normalized spacial score (nSPS) is 12.9. The molecule has 1 aliphatic heterocycles. The summed E-state index contributed by atoms with van der Waals surface area (Å²) in [5.41, 5.74) is 6.80. The quantitative estimate of drug-likeness (QED) is 0.613. The molecule has 0 saturated carbocycles. The van der Waals surface area contributed by atoms with Crippen LogP contribution in [0.3, 0.4) is 0 Å². The Morgan fingerprint density at radius 2 is 2.04 bits per heavy atom. The van der Waals surface area contributed by atoms with Crippen molar-refractivity contribution in [3.8, 4) is 0 Å². The number of carbonyl (C=O) groups excluding carboxylic acids is 1. The van der Waals surface area contributed by atoms with Crippen molar-refractivity contribution < 1.29 is 4.79 Å². The van der Waals surface area contributed by atoms with Crippen LogP contribution in [0.25, 0.3) is 0 Å². The fourth-order valence-electron chi connectivity index (χ4n) is 3.57. The van der Waals surface area contributed by atoms with Crippen LogP contribution in [-0.4, -0.2) is 32.4 Å². The summed E-state index contributed by atoms with van der Waals surface area (Å²) < 4.78 is 1.99. The largest absolute Gasteiger partial charge is 0.346 e. The Morgan fingerprint density at radius 1 is 1.25 bits per heavy atom. The number of amides is 1. The van der Waals surface area contributed by atoms with Gasteiger partial charge in [-0.3, -0.25) is 14.6 Å². The number of carbonyl (C=O) groups is 1. The number of rotatable bonds is 5. The number of fused-ring (bicyclic) bond motifs is 1. The zero-order valence-electron chi connectivity index (χ0n) is 16.1. The smallest absolute Gasteiger partial charge is 0.272 e. The lowest BCUT2D eigenvalue weighted by Crippen LogP contribution is -2.28. The Bertz CT molecular complexity index is 963. The molecule has 0 saturated heterocycles. The summed E-state index contributed by atoms with van der Waals surface area (Å²) in [4.78, 5) is 12.6. The highest BCUT2D eigenvalue weighted by atomic mass is 35.5. The third-order valence-corrected chi connectivity index (χ3v) is 5.15. The van der Waals surface area contributed by atoms with Crippen LogP contribution < -0.4 is 10.6 Å². The molecule has 2 aromatic heterocycles. The van der Waals surface area contributed by atoms with Gasteiger partial charge in [-0.15, -0.1) is 12.4 Å². The second-order valence-electron chi connectivity index (χ2n) is 6.93. The van der Waals surface area contributed by atoms with Gasteiger partial charge in [-0.25, -0.2) is 0 Å². The average Bonchev–Trinajstić information content (AvgIpc) is 3.22. The van der Waals surface area contributed by atoms with Crippen LogP contribution in [0.2, 0.25) is 0 Å². The SMILES string of the molecule is Cc1nn(Cc2ccccc2)c(C)c1CNC(=O)c1n[nH]c2c1CNCC2.Cl. The summed E-state index contributed by atoms with van der Waals surface area (Å²) in [5.74, 6) is -0.147. The standard InChI is InChI=1S/C20H24N6O.ClH/c1-13-16(14(2)26(25-13)12-15-6-4-3-5-7-15)11-22-20(27)19-17-10-21-9-8-18(17)23-24-19;/h3-7,21H,8-12H2,1-2H3,(H,22,27)(H,23,24);1H. The van der Waals surface area contributed by atoms with Gasteiger partial charge in [0.2, 0.25) is 0 Å². The molecule has 0 radical (unpaired) electrons. The third-order valence-electron chi connectivity index (χ3n) is 5.15. The van der Waals surface area contributed by atoms with E-state index in [0.29, 0.717) is 18.8 Å². The topological polar surface area (TPSA) is 87.6 Å². The van der Waals surface area contributed by atoms with Crippen LogP contribution in [-0.2, 0) is 26.1 Å². The second-order valence-corrected chi connectivity index (χ2v) is 6.93. The molecular weight excluding hydrogens is 376 g/mol. The number of benzene rings is 1. The fourth-order valence-corrected chi connectivity index (χ4v) is 3.57. The third kappa shape index (κ3) is 3.95. The molecule has 0 fully saturated rings. The fraction of sp³-hybridized carbons (Fsp3) is 0.350. The molecule has 1 aromatic carbocycles. The molecule has 4 rings (SSSR count). The summed E-state index contributed by atoms with van der Waals surface area (Å²) in [6.45, 7) is 6.79. The molecule has 0 unspecified atom stereocenters. The molecule has 1 amide bonds.